The zero-order valence-electron chi connectivity index (χ0n) is 6.67. The van der Waals surface area contributed by atoms with Crippen molar-refractivity contribution >= 4 is 21.6 Å². The maximum absolute atomic E-state index is 12.7. The first kappa shape index (κ1) is 10.8. The zero-order chi connectivity index (χ0) is 10.7. The van der Waals surface area contributed by atoms with Gasteiger partial charge in [0.05, 0.1) is 4.92 Å². The minimum absolute atomic E-state index is 0.0917. The number of ether oxygens (including phenoxy) is 1. The van der Waals surface area contributed by atoms with Crippen molar-refractivity contribution in [2.45, 2.75) is 0 Å². The van der Waals surface area contributed by atoms with E-state index in [1.807, 2.05) is 0 Å². The Morgan fingerprint density at radius 3 is 2.71 bits per heavy atom. The van der Waals surface area contributed by atoms with Crippen LogP contribution < -0.4 is 4.74 Å². The van der Waals surface area contributed by atoms with Crippen LogP contribution in [-0.4, -0.2) is 11.8 Å². The Bertz CT molecular complexity index is 372. The molecule has 0 aliphatic carbocycles. The minimum Gasteiger partial charge on any atom is -0.456 e. The van der Waals surface area contributed by atoms with Crippen molar-refractivity contribution in [1.29, 1.82) is 0 Å². The molecule has 0 aromatic heterocycles. The van der Waals surface area contributed by atoms with Gasteiger partial charge in [-0.1, -0.05) is 0 Å². The molecule has 0 unspecified atom stereocenters. The fourth-order valence-corrected chi connectivity index (χ4v) is 1.45. The van der Waals surface area contributed by atoms with Gasteiger partial charge in [-0.15, -0.1) is 0 Å². The molecule has 0 radical (unpaired) electrons. The quantitative estimate of drug-likeness (QED) is 0.625. The van der Waals surface area contributed by atoms with Gasteiger partial charge in [0, 0.05) is 6.07 Å². The topological polar surface area (TPSA) is 52.4 Å². The van der Waals surface area contributed by atoms with Crippen molar-refractivity contribution in [3.8, 4) is 5.75 Å². The molecular formula is C7H4BrF2NO3. The van der Waals surface area contributed by atoms with Gasteiger partial charge in [-0.3, -0.25) is 10.1 Å². The van der Waals surface area contributed by atoms with Crippen LogP contribution in [0.5, 0.6) is 5.75 Å². The molecule has 1 aromatic carbocycles. The van der Waals surface area contributed by atoms with Gasteiger partial charge in [0.15, 0.2) is 0 Å². The number of hydrogen-bond donors (Lipinski definition) is 0. The fourth-order valence-electron chi connectivity index (χ4n) is 0.888. The number of nitrogens with zero attached hydrogens (tertiary/aromatic N) is 1. The third-order valence-electron chi connectivity index (χ3n) is 1.39. The Labute approximate surface area is 85.8 Å². The van der Waals surface area contributed by atoms with Crippen LogP contribution in [0.15, 0.2) is 16.6 Å². The first-order chi connectivity index (χ1) is 6.56. The van der Waals surface area contributed by atoms with Gasteiger partial charge in [0.1, 0.15) is 10.3 Å². The standard InChI is InChI=1S/C7H4BrF2NO3/c8-5-1-4(10)2-6(14-3-9)7(5)11(12)13/h1-2H,3H2. The summed E-state index contributed by atoms with van der Waals surface area (Å²) in [7, 11) is 0. The van der Waals surface area contributed by atoms with Crippen molar-refractivity contribution in [3.05, 3.63) is 32.5 Å². The maximum atomic E-state index is 12.7. The van der Waals surface area contributed by atoms with Gasteiger partial charge in [-0.2, -0.15) is 0 Å². The molecule has 0 N–H and O–H groups in total. The van der Waals surface area contributed by atoms with E-state index in [0.29, 0.717) is 0 Å². The number of rotatable bonds is 3. The average molecular weight is 268 g/mol. The molecule has 14 heavy (non-hydrogen) atoms. The van der Waals surface area contributed by atoms with E-state index in [1.165, 1.54) is 0 Å². The normalized spacial score (nSPS) is 9.93. The van der Waals surface area contributed by atoms with Gasteiger partial charge in [-0.25, -0.2) is 8.78 Å². The highest BCUT2D eigenvalue weighted by molar-refractivity contribution is 9.10. The van der Waals surface area contributed by atoms with Crippen LogP contribution in [0.25, 0.3) is 0 Å². The largest absolute Gasteiger partial charge is 0.456 e. The summed E-state index contributed by atoms with van der Waals surface area (Å²) in [5.41, 5.74) is -0.496. The van der Waals surface area contributed by atoms with E-state index in [-0.39, 0.29) is 4.47 Å². The molecule has 0 fully saturated rings. The minimum atomic E-state index is -1.25. The van der Waals surface area contributed by atoms with Gasteiger partial charge in [0.25, 0.3) is 0 Å². The number of halogens is 3. The predicted molar refractivity (Wildman–Crippen MR) is 47.4 cm³/mol. The van der Waals surface area contributed by atoms with Crippen LogP contribution in [0.1, 0.15) is 0 Å². The lowest BCUT2D eigenvalue weighted by molar-refractivity contribution is -0.386. The van der Waals surface area contributed by atoms with Gasteiger partial charge < -0.3 is 4.74 Å². The lowest BCUT2D eigenvalue weighted by Crippen LogP contribution is -1.98. The van der Waals surface area contributed by atoms with Crippen LogP contribution in [0, 0.1) is 15.9 Å². The molecule has 0 spiro atoms. The molecule has 0 saturated carbocycles. The first-order valence-electron chi connectivity index (χ1n) is 3.38. The van der Waals surface area contributed by atoms with Crippen molar-refractivity contribution in [3.63, 3.8) is 0 Å². The number of benzene rings is 1. The third kappa shape index (κ3) is 2.16. The summed E-state index contributed by atoms with van der Waals surface area (Å²) in [6.07, 6.45) is 0. The molecule has 0 atom stereocenters. The Hall–Kier alpha value is -1.24. The van der Waals surface area contributed by atoms with Crippen molar-refractivity contribution < 1.29 is 18.4 Å². The molecule has 0 aliphatic rings. The second-order valence-electron chi connectivity index (χ2n) is 2.24. The maximum Gasteiger partial charge on any atom is 0.325 e. The number of nitro benzene ring substituents is 1. The number of hydrogen-bond acceptors (Lipinski definition) is 3. The molecule has 0 saturated heterocycles. The van der Waals surface area contributed by atoms with E-state index in [0.717, 1.165) is 12.1 Å². The second kappa shape index (κ2) is 4.32. The summed E-state index contributed by atoms with van der Waals surface area (Å²) in [5, 5.41) is 10.5. The van der Waals surface area contributed by atoms with E-state index < -0.39 is 29.0 Å². The van der Waals surface area contributed by atoms with E-state index in [1.54, 1.807) is 0 Å². The van der Waals surface area contributed by atoms with Crippen molar-refractivity contribution in [2.75, 3.05) is 6.86 Å². The lowest BCUT2D eigenvalue weighted by Gasteiger charge is -2.03. The number of nitro groups is 1. The summed E-state index contributed by atoms with van der Waals surface area (Å²) in [6.45, 7) is -1.25. The molecule has 4 nitrogen and oxygen atoms in total. The Morgan fingerprint density at radius 2 is 2.21 bits per heavy atom. The van der Waals surface area contributed by atoms with E-state index in [9.17, 15) is 18.9 Å². The smallest absolute Gasteiger partial charge is 0.325 e. The first-order valence-corrected chi connectivity index (χ1v) is 4.17. The monoisotopic (exact) mass is 267 g/mol. The molecule has 0 aliphatic heterocycles. The Morgan fingerprint density at radius 1 is 1.57 bits per heavy atom. The van der Waals surface area contributed by atoms with E-state index >= 15 is 0 Å². The fraction of sp³-hybridized carbons (Fsp3) is 0.143. The summed E-state index contributed by atoms with van der Waals surface area (Å²) in [6, 6.07) is 1.66. The highest BCUT2D eigenvalue weighted by Crippen LogP contribution is 2.35. The van der Waals surface area contributed by atoms with Crippen LogP contribution in [0.2, 0.25) is 0 Å². The van der Waals surface area contributed by atoms with Crippen LogP contribution >= 0.6 is 15.9 Å². The molecular weight excluding hydrogens is 264 g/mol. The number of alkyl halides is 1. The van der Waals surface area contributed by atoms with Crippen molar-refractivity contribution in [1.82, 2.24) is 0 Å². The third-order valence-corrected chi connectivity index (χ3v) is 1.99. The molecule has 7 heteroatoms. The Balaban J connectivity index is 3.28. The van der Waals surface area contributed by atoms with Gasteiger partial charge >= 0.3 is 5.69 Å². The SMILES string of the molecule is O=[N+]([O-])c1c(Br)cc(F)cc1OCF. The molecule has 0 amide bonds. The summed E-state index contributed by atoms with van der Waals surface area (Å²) in [5.74, 6) is -1.18. The van der Waals surface area contributed by atoms with Crippen LogP contribution in [0.4, 0.5) is 14.5 Å². The highest BCUT2D eigenvalue weighted by atomic mass is 79.9. The molecule has 1 aromatic rings. The summed E-state index contributed by atoms with van der Waals surface area (Å²) in [4.78, 5) is 9.70. The predicted octanol–water partition coefficient (Wildman–Crippen LogP) is 2.80. The second-order valence-corrected chi connectivity index (χ2v) is 3.10. The molecule has 0 heterocycles. The van der Waals surface area contributed by atoms with Gasteiger partial charge in [0.2, 0.25) is 12.6 Å². The van der Waals surface area contributed by atoms with Gasteiger partial charge in [-0.05, 0) is 22.0 Å². The molecule has 1 rings (SSSR count). The lowest BCUT2D eigenvalue weighted by atomic mass is 10.3. The molecule has 0 bridgehead atoms. The summed E-state index contributed by atoms with van der Waals surface area (Å²) < 4.78 is 28.7. The van der Waals surface area contributed by atoms with Crippen LogP contribution in [-0.2, 0) is 0 Å². The van der Waals surface area contributed by atoms with Crippen LogP contribution in [0.3, 0.4) is 0 Å². The van der Waals surface area contributed by atoms with E-state index in [4.69, 9.17) is 0 Å². The van der Waals surface area contributed by atoms with E-state index in [2.05, 4.69) is 20.7 Å². The summed E-state index contributed by atoms with van der Waals surface area (Å²) >= 11 is 2.78. The average Bonchev–Trinajstić information content (AvgIpc) is 2.01. The molecule has 76 valence electrons. The highest BCUT2D eigenvalue weighted by Gasteiger charge is 2.21. The van der Waals surface area contributed by atoms with Crippen molar-refractivity contribution in [2.24, 2.45) is 0 Å². The Kier molecular flexibility index (Phi) is 3.34. The zero-order valence-corrected chi connectivity index (χ0v) is 8.25.